The van der Waals surface area contributed by atoms with Gasteiger partial charge in [0.2, 0.25) is 6.08 Å². The summed E-state index contributed by atoms with van der Waals surface area (Å²) in [4.78, 5) is 13.6. The van der Waals surface area contributed by atoms with Gasteiger partial charge in [-0.05, 0) is 24.3 Å². The third-order valence-corrected chi connectivity index (χ3v) is 3.02. The molecule has 0 unspecified atom stereocenters. The number of hydrogen-bond acceptors (Lipinski definition) is 3. The van der Waals surface area contributed by atoms with E-state index in [0.717, 1.165) is 0 Å². The van der Waals surface area contributed by atoms with E-state index < -0.39 is 0 Å². The van der Waals surface area contributed by atoms with E-state index in [-0.39, 0.29) is 15.7 Å². The summed E-state index contributed by atoms with van der Waals surface area (Å²) in [6.45, 7) is 0. The van der Waals surface area contributed by atoms with Gasteiger partial charge in [-0.1, -0.05) is 41.4 Å². The van der Waals surface area contributed by atoms with Gasteiger partial charge in [-0.15, -0.1) is 0 Å². The van der Waals surface area contributed by atoms with Crippen molar-refractivity contribution < 1.29 is 9.53 Å². The molecule has 0 aliphatic rings. The SMILES string of the molecule is O=C=Nc1ccc(Oc2ccccc2)c(Cl)c1Cl. The van der Waals surface area contributed by atoms with Crippen LogP contribution in [0.5, 0.6) is 11.5 Å². The molecular formula is C13H7Cl2NO2. The Balaban J connectivity index is 2.36. The van der Waals surface area contributed by atoms with Crippen molar-refractivity contribution in [1.29, 1.82) is 0 Å². The normalized spacial score (nSPS) is 9.67. The van der Waals surface area contributed by atoms with Gasteiger partial charge in [0, 0.05) is 0 Å². The number of aliphatic imine (C=N–C) groups is 1. The highest BCUT2D eigenvalue weighted by Crippen LogP contribution is 2.40. The smallest absolute Gasteiger partial charge is 0.240 e. The fraction of sp³-hybridized carbons (Fsp3) is 0. The molecule has 0 aliphatic heterocycles. The van der Waals surface area contributed by atoms with Gasteiger partial charge in [-0.2, -0.15) is 4.99 Å². The summed E-state index contributed by atoms with van der Waals surface area (Å²) in [5, 5.41) is 0.366. The number of halogens is 2. The van der Waals surface area contributed by atoms with Crippen LogP contribution < -0.4 is 4.74 Å². The maximum absolute atomic E-state index is 10.2. The summed E-state index contributed by atoms with van der Waals surface area (Å²) < 4.78 is 5.57. The monoisotopic (exact) mass is 279 g/mol. The molecule has 2 rings (SSSR count). The molecule has 18 heavy (non-hydrogen) atoms. The van der Waals surface area contributed by atoms with Crippen molar-refractivity contribution in [3.05, 3.63) is 52.5 Å². The molecule has 0 bridgehead atoms. The van der Waals surface area contributed by atoms with Gasteiger partial charge in [0.05, 0.1) is 10.7 Å². The Morgan fingerprint density at radius 1 is 1.00 bits per heavy atom. The van der Waals surface area contributed by atoms with Gasteiger partial charge in [-0.25, -0.2) is 4.79 Å². The first kappa shape index (κ1) is 12.7. The van der Waals surface area contributed by atoms with E-state index in [2.05, 4.69) is 4.99 Å². The van der Waals surface area contributed by atoms with Gasteiger partial charge < -0.3 is 4.74 Å². The lowest BCUT2D eigenvalue weighted by Crippen LogP contribution is -1.85. The van der Waals surface area contributed by atoms with E-state index in [1.165, 1.54) is 12.1 Å². The number of nitrogens with zero attached hydrogens (tertiary/aromatic N) is 1. The van der Waals surface area contributed by atoms with Crippen molar-refractivity contribution in [3.8, 4) is 11.5 Å². The van der Waals surface area contributed by atoms with Crippen molar-refractivity contribution in [1.82, 2.24) is 0 Å². The summed E-state index contributed by atoms with van der Waals surface area (Å²) in [6.07, 6.45) is 1.41. The molecule has 0 aromatic heterocycles. The number of benzene rings is 2. The van der Waals surface area contributed by atoms with E-state index in [1.54, 1.807) is 18.2 Å². The van der Waals surface area contributed by atoms with Crippen molar-refractivity contribution >= 4 is 35.0 Å². The maximum Gasteiger partial charge on any atom is 0.240 e. The van der Waals surface area contributed by atoms with Crippen molar-refractivity contribution in [2.24, 2.45) is 4.99 Å². The quantitative estimate of drug-likeness (QED) is 0.601. The fourth-order valence-electron chi connectivity index (χ4n) is 1.35. The average molecular weight is 280 g/mol. The largest absolute Gasteiger partial charge is 0.456 e. The maximum atomic E-state index is 10.2. The van der Waals surface area contributed by atoms with Crippen molar-refractivity contribution in [2.75, 3.05) is 0 Å². The minimum atomic E-state index is 0.161. The number of para-hydroxylation sites is 1. The summed E-state index contributed by atoms with van der Waals surface area (Å²) in [6, 6.07) is 12.3. The highest BCUT2D eigenvalue weighted by atomic mass is 35.5. The zero-order valence-corrected chi connectivity index (χ0v) is 10.6. The third-order valence-electron chi connectivity index (χ3n) is 2.16. The van der Waals surface area contributed by atoms with Crippen LogP contribution in [0.1, 0.15) is 0 Å². The molecule has 0 amide bonds. The van der Waals surface area contributed by atoms with E-state index in [0.29, 0.717) is 11.5 Å². The minimum Gasteiger partial charge on any atom is -0.456 e. The Labute approximate surface area is 114 Å². The number of isocyanates is 1. The molecule has 0 heterocycles. The first-order valence-corrected chi connectivity index (χ1v) is 5.76. The van der Waals surface area contributed by atoms with Crippen LogP contribution in [0.3, 0.4) is 0 Å². The minimum absolute atomic E-state index is 0.161. The molecule has 2 aromatic rings. The lowest BCUT2D eigenvalue weighted by atomic mass is 10.3. The summed E-state index contributed by atoms with van der Waals surface area (Å²) >= 11 is 12.0. The second kappa shape index (κ2) is 5.69. The highest BCUT2D eigenvalue weighted by Gasteiger charge is 2.11. The number of rotatable bonds is 3. The molecule has 0 saturated heterocycles. The van der Waals surface area contributed by atoms with Crippen LogP contribution in [0, 0.1) is 0 Å². The van der Waals surface area contributed by atoms with Gasteiger partial charge in [0.15, 0.2) is 0 Å². The summed E-state index contributed by atoms with van der Waals surface area (Å²) in [5.41, 5.74) is 0.261. The molecule has 0 aliphatic carbocycles. The zero-order chi connectivity index (χ0) is 13.0. The van der Waals surface area contributed by atoms with Crippen LogP contribution >= 0.6 is 23.2 Å². The van der Waals surface area contributed by atoms with Crippen LogP contribution in [0.15, 0.2) is 47.5 Å². The van der Waals surface area contributed by atoms with Gasteiger partial charge in [0.1, 0.15) is 16.5 Å². The first-order chi connectivity index (χ1) is 8.72. The molecule has 0 radical (unpaired) electrons. The Hall–Kier alpha value is -1.80. The van der Waals surface area contributed by atoms with Crippen molar-refractivity contribution in [3.63, 3.8) is 0 Å². The Morgan fingerprint density at radius 2 is 1.72 bits per heavy atom. The number of carbonyl (C=O) groups excluding carboxylic acids is 1. The Morgan fingerprint density at radius 3 is 2.39 bits per heavy atom. The molecule has 0 fully saturated rings. The van der Waals surface area contributed by atoms with Crippen LogP contribution in [0.25, 0.3) is 0 Å². The Bertz CT molecular complexity index is 608. The van der Waals surface area contributed by atoms with Crippen LogP contribution in [-0.4, -0.2) is 6.08 Å². The van der Waals surface area contributed by atoms with Crippen LogP contribution in [-0.2, 0) is 4.79 Å². The summed E-state index contributed by atoms with van der Waals surface area (Å²) in [7, 11) is 0. The molecule has 0 spiro atoms. The van der Waals surface area contributed by atoms with Gasteiger partial charge in [-0.3, -0.25) is 0 Å². The lowest BCUT2D eigenvalue weighted by Gasteiger charge is -2.09. The standard InChI is InChI=1S/C13H7Cl2NO2/c14-12-10(16-8-17)6-7-11(13(12)15)18-9-4-2-1-3-5-9/h1-7H. The predicted molar refractivity (Wildman–Crippen MR) is 70.8 cm³/mol. The van der Waals surface area contributed by atoms with Crippen LogP contribution in [0.4, 0.5) is 5.69 Å². The summed E-state index contributed by atoms with van der Waals surface area (Å²) in [5.74, 6) is 1.04. The zero-order valence-electron chi connectivity index (χ0n) is 9.06. The molecule has 0 atom stereocenters. The van der Waals surface area contributed by atoms with Crippen molar-refractivity contribution in [2.45, 2.75) is 0 Å². The first-order valence-electron chi connectivity index (χ1n) is 5.01. The molecule has 5 heteroatoms. The number of hydrogen-bond donors (Lipinski definition) is 0. The van der Waals surface area contributed by atoms with Gasteiger partial charge >= 0.3 is 0 Å². The molecule has 0 saturated carbocycles. The van der Waals surface area contributed by atoms with Crippen LogP contribution in [0.2, 0.25) is 10.0 Å². The topological polar surface area (TPSA) is 38.7 Å². The second-order valence-corrected chi connectivity index (χ2v) is 4.08. The van der Waals surface area contributed by atoms with Gasteiger partial charge in [0.25, 0.3) is 0 Å². The van der Waals surface area contributed by atoms with E-state index in [9.17, 15) is 4.79 Å². The molecule has 3 nitrogen and oxygen atoms in total. The third kappa shape index (κ3) is 2.71. The van der Waals surface area contributed by atoms with E-state index in [1.807, 2.05) is 18.2 Å². The Kier molecular flexibility index (Phi) is 4.00. The molecule has 0 N–H and O–H groups in total. The molecule has 90 valence electrons. The highest BCUT2D eigenvalue weighted by molar-refractivity contribution is 6.44. The van der Waals surface area contributed by atoms with E-state index in [4.69, 9.17) is 27.9 Å². The predicted octanol–water partition coefficient (Wildman–Crippen LogP) is 4.75. The second-order valence-electron chi connectivity index (χ2n) is 3.33. The molecular weight excluding hydrogens is 273 g/mol. The van der Waals surface area contributed by atoms with E-state index >= 15 is 0 Å². The average Bonchev–Trinajstić information content (AvgIpc) is 2.40. The fourth-order valence-corrected chi connectivity index (χ4v) is 1.75. The number of ether oxygens (including phenoxy) is 1. The molecule has 2 aromatic carbocycles. The lowest BCUT2D eigenvalue weighted by molar-refractivity contribution is 0.483.